The fourth-order valence-corrected chi connectivity index (χ4v) is 4.76. The molecule has 4 aliphatic carbocycles. The third-order valence-corrected chi connectivity index (χ3v) is 5.47. The first-order chi connectivity index (χ1) is 8.15. The summed E-state index contributed by atoms with van der Waals surface area (Å²) in [5.74, 6) is 1.65. The van der Waals surface area contributed by atoms with Crippen molar-refractivity contribution in [2.24, 2.45) is 35.5 Å². The molecule has 0 aromatic rings. The van der Waals surface area contributed by atoms with Gasteiger partial charge in [-0.05, 0) is 37.0 Å². The van der Waals surface area contributed by atoms with Gasteiger partial charge in [-0.1, -0.05) is 13.3 Å². The van der Waals surface area contributed by atoms with Gasteiger partial charge in [-0.25, -0.2) is 0 Å². The second-order valence-corrected chi connectivity index (χ2v) is 6.02. The zero-order valence-corrected chi connectivity index (χ0v) is 10.5. The van der Waals surface area contributed by atoms with Crippen LogP contribution < -0.4 is 0 Å². The van der Waals surface area contributed by atoms with Gasteiger partial charge in [0.05, 0.1) is 13.0 Å². The van der Waals surface area contributed by atoms with E-state index in [0.29, 0.717) is 11.7 Å². The van der Waals surface area contributed by atoms with Crippen molar-refractivity contribution in [2.45, 2.75) is 32.6 Å². The van der Waals surface area contributed by atoms with Crippen molar-refractivity contribution in [1.29, 1.82) is 0 Å². The van der Waals surface area contributed by atoms with Gasteiger partial charge in [-0.2, -0.15) is 0 Å². The summed E-state index contributed by atoms with van der Waals surface area (Å²) in [7, 11) is 1.47. The van der Waals surface area contributed by atoms with Crippen molar-refractivity contribution in [3.8, 4) is 0 Å². The molecule has 0 spiro atoms. The Bertz CT molecular complexity index is 360. The van der Waals surface area contributed by atoms with Gasteiger partial charge in [0, 0.05) is 11.8 Å². The van der Waals surface area contributed by atoms with Gasteiger partial charge in [-0.3, -0.25) is 9.59 Å². The van der Waals surface area contributed by atoms with E-state index in [-0.39, 0.29) is 35.6 Å². The highest BCUT2D eigenvalue weighted by Gasteiger charge is 2.59. The van der Waals surface area contributed by atoms with E-state index in [2.05, 4.69) is 0 Å². The first-order valence-electron chi connectivity index (χ1n) is 6.76. The lowest BCUT2D eigenvalue weighted by Gasteiger charge is -2.55. The van der Waals surface area contributed by atoms with Crippen LogP contribution in [0.15, 0.2) is 0 Å². The number of hydrogen-bond acceptors (Lipinski definition) is 3. The van der Waals surface area contributed by atoms with E-state index < -0.39 is 0 Å². The van der Waals surface area contributed by atoms with E-state index in [4.69, 9.17) is 4.74 Å². The lowest BCUT2D eigenvalue weighted by Crippen LogP contribution is -2.58. The number of carbonyl (C=O) groups is 2. The highest BCUT2D eigenvalue weighted by atomic mass is 16.5. The highest BCUT2D eigenvalue weighted by Crippen LogP contribution is 2.57. The number of hydrogen-bond donors (Lipinski definition) is 0. The molecule has 6 atom stereocenters. The number of carbonyl (C=O) groups excluding carboxylic acids is 2. The molecule has 4 rings (SSSR count). The number of ketones is 1. The lowest BCUT2D eigenvalue weighted by atomic mass is 9.47. The summed E-state index contributed by atoms with van der Waals surface area (Å²) >= 11 is 0. The first-order valence-corrected chi connectivity index (χ1v) is 6.76. The zero-order chi connectivity index (χ0) is 12.2. The Morgan fingerprint density at radius 2 is 2.06 bits per heavy atom. The van der Waals surface area contributed by atoms with E-state index in [1.807, 2.05) is 6.92 Å². The van der Waals surface area contributed by atoms with Crippen LogP contribution in [0, 0.1) is 35.5 Å². The van der Waals surface area contributed by atoms with Crippen molar-refractivity contribution < 1.29 is 14.3 Å². The van der Waals surface area contributed by atoms with Gasteiger partial charge in [-0.15, -0.1) is 0 Å². The predicted molar refractivity (Wildman–Crippen MR) is 62.1 cm³/mol. The summed E-state index contributed by atoms with van der Waals surface area (Å²) in [6.07, 6.45) is 4.46. The smallest absolute Gasteiger partial charge is 0.309 e. The maximum atomic E-state index is 12.3. The van der Waals surface area contributed by atoms with Gasteiger partial charge in [0.25, 0.3) is 0 Å². The summed E-state index contributed by atoms with van der Waals surface area (Å²) in [4.78, 5) is 24.3. The molecule has 3 nitrogen and oxygen atoms in total. The maximum absolute atomic E-state index is 12.3. The lowest BCUT2D eigenvalue weighted by molar-refractivity contribution is -0.172. The Morgan fingerprint density at radius 1 is 1.29 bits per heavy atom. The van der Waals surface area contributed by atoms with E-state index in [9.17, 15) is 9.59 Å². The van der Waals surface area contributed by atoms with Crippen molar-refractivity contribution in [2.75, 3.05) is 7.11 Å². The molecule has 4 bridgehead atoms. The fourth-order valence-electron chi connectivity index (χ4n) is 4.76. The van der Waals surface area contributed by atoms with Crippen molar-refractivity contribution in [3.05, 3.63) is 0 Å². The fraction of sp³-hybridized carbons (Fsp3) is 0.857. The first kappa shape index (κ1) is 11.2. The molecule has 0 N–H and O–H groups in total. The average Bonchev–Trinajstić information content (AvgIpc) is 2.33. The van der Waals surface area contributed by atoms with Crippen LogP contribution in [0.5, 0.6) is 0 Å². The molecule has 4 saturated carbocycles. The zero-order valence-electron chi connectivity index (χ0n) is 10.5. The van der Waals surface area contributed by atoms with E-state index in [1.54, 1.807) is 0 Å². The summed E-state index contributed by atoms with van der Waals surface area (Å²) in [6, 6.07) is 0. The standard InChI is InChI=1S/C14H20O3/c1-7-10-6-8-4-3-5-9(11(8)13(7)15)12(10)14(16)17-2/h7-12H,3-6H2,1-2H3/t7-,8-,9-,10+,11+,12+/m0/s1. The monoisotopic (exact) mass is 236 g/mol. The highest BCUT2D eigenvalue weighted by molar-refractivity contribution is 5.89. The molecule has 0 amide bonds. The molecule has 17 heavy (non-hydrogen) atoms. The second-order valence-electron chi connectivity index (χ2n) is 6.02. The summed E-state index contributed by atoms with van der Waals surface area (Å²) < 4.78 is 4.97. The number of esters is 1. The predicted octanol–water partition coefficient (Wildman–Crippen LogP) is 2.05. The normalized spacial score (nSPS) is 48.0. The molecule has 3 heteroatoms. The molecule has 4 aliphatic rings. The average molecular weight is 236 g/mol. The third-order valence-electron chi connectivity index (χ3n) is 5.47. The van der Waals surface area contributed by atoms with Crippen LogP contribution in [0.1, 0.15) is 32.6 Å². The molecule has 0 heterocycles. The molecule has 4 fully saturated rings. The Hall–Kier alpha value is -0.860. The number of methoxy groups -OCH3 is 1. The van der Waals surface area contributed by atoms with Crippen LogP contribution in [0.25, 0.3) is 0 Å². The number of fused-ring (bicyclic) bond motifs is 1. The van der Waals surface area contributed by atoms with Gasteiger partial charge >= 0.3 is 5.97 Å². The minimum Gasteiger partial charge on any atom is -0.469 e. The molecular weight excluding hydrogens is 216 g/mol. The Kier molecular flexibility index (Phi) is 2.53. The maximum Gasteiger partial charge on any atom is 0.309 e. The molecule has 0 aromatic carbocycles. The quantitative estimate of drug-likeness (QED) is 0.654. The van der Waals surface area contributed by atoms with Gasteiger partial charge in [0.2, 0.25) is 0 Å². The van der Waals surface area contributed by atoms with Crippen LogP contribution in [-0.2, 0) is 14.3 Å². The summed E-state index contributed by atoms with van der Waals surface area (Å²) in [6.45, 7) is 2.00. The third kappa shape index (κ3) is 1.40. The van der Waals surface area contributed by atoms with E-state index in [0.717, 1.165) is 12.8 Å². The molecule has 94 valence electrons. The molecule has 0 aromatic heterocycles. The topological polar surface area (TPSA) is 43.4 Å². The van der Waals surface area contributed by atoms with Crippen LogP contribution in [0.4, 0.5) is 0 Å². The molecular formula is C14H20O3. The van der Waals surface area contributed by atoms with E-state index >= 15 is 0 Å². The van der Waals surface area contributed by atoms with Crippen LogP contribution >= 0.6 is 0 Å². The minimum atomic E-state index is -0.0790. The molecule has 0 radical (unpaired) electrons. The van der Waals surface area contributed by atoms with Crippen LogP contribution in [0.2, 0.25) is 0 Å². The summed E-state index contributed by atoms with van der Waals surface area (Å²) in [5.41, 5.74) is 0. The van der Waals surface area contributed by atoms with E-state index in [1.165, 1.54) is 20.0 Å². The Balaban J connectivity index is 1.98. The van der Waals surface area contributed by atoms with Crippen molar-refractivity contribution in [1.82, 2.24) is 0 Å². The van der Waals surface area contributed by atoms with Gasteiger partial charge < -0.3 is 4.74 Å². The largest absolute Gasteiger partial charge is 0.469 e. The number of ether oxygens (including phenoxy) is 1. The Labute approximate surface area is 102 Å². The number of Topliss-reactive ketones (excluding diaryl/α,β-unsaturated/α-hetero) is 1. The number of rotatable bonds is 1. The van der Waals surface area contributed by atoms with Gasteiger partial charge in [0.1, 0.15) is 5.78 Å². The Morgan fingerprint density at radius 3 is 2.76 bits per heavy atom. The molecule has 0 saturated heterocycles. The molecule has 0 unspecified atom stereocenters. The van der Waals surface area contributed by atoms with Crippen molar-refractivity contribution >= 4 is 11.8 Å². The van der Waals surface area contributed by atoms with Crippen LogP contribution in [-0.4, -0.2) is 18.9 Å². The van der Waals surface area contributed by atoms with Crippen LogP contribution in [0.3, 0.4) is 0 Å². The molecule has 0 aliphatic heterocycles. The summed E-state index contributed by atoms with van der Waals surface area (Å²) in [5, 5.41) is 0. The minimum absolute atomic E-state index is 0.00532. The second kappa shape index (κ2) is 3.82. The SMILES string of the molecule is COC(=O)[C@@H]1[C@H]2CCC[C@H]3C[C@@H]1[C@H](C)C(=O)[C@H]32. The van der Waals surface area contributed by atoms with Gasteiger partial charge in [0.15, 0.2) is 0 Å². The van der Waals surface area contributed by atoms with Crippen molar-refractivity contribution in [3.63, 3.8) is 0 Å².